The molecule has 0 saturated heterocycles. The van der Waals surface area contributed by atoms with Gasteiger partial charge < -0.3 is 10.2 Å². The zero-order chi connectivity index (χ0) is 12.8. The van der Waals surface area contributed by atoms with Crippen molar-refractivity contribution in [1.29, 1.82) is 0 Å². The molecule has 1 aromatic rings. The Morgan fingerprint density at radius 1 is 1.44 bits per heavy atom. The molecule has 0 radical (unpaired) electrons. The first kappa shape index (κ1) is 17.2. The summed E-state index contributed by atoms with van der Waals surface area (Å²) in [6, 6.07) is 5.67. The van der Waals surface area contributed by atoms with Crippen LogP contribution in [-0.2, 0) is 4.79 Å². The summed E-state index contributed by atoms with van der Waals surface area (Å²) in [7, 11) is 3.66. The van der Waals surface area contributed by atoms with Crippen LogP contribution in [0.4, 0.5) is 5.69 Å². The summed E-state index contributed by atoms with van der Waals surface area (Å²) in [4.78, 5) is 13.5. The average Bonchev–Trinajstić information content (AvgIpc) is 2.32. The molecule has 102 valence electrons. The second-order valence-electron chi connectivity index (χ2n) is 4.09. The molecule has 18 heavy (non-hydrogen) atoms. The van der Waals surface area contributed by atoms with Crippen molar-refractivity contribution < 1.29 is 4.79 Å². The zero-order valence-corrected chi connectivity index (χ0v) is 12.6. The fourth-order valence-corrected chi connectivity index (χ4v) is 1.69. The standard InChI is InChI=1S/C13H19ClN2O.ClH/c1-10-6-7-11(9-12(10)14)16(3)13(17)5-4-8-15-2;/h6-7,9,15H,4-5,8H2,1-3H3;1H. The Bertz CT molecular complexity index is 397. The van der Waals surface area contributed by atoms with E-state index in [-0.39, 0.29) is 18.3 Å². The number of aryl methyl sites for hydroxylation is 1. The molecule has 0 aliphatic heterocycles. The summed E-state index contributed by atoms with van der Waals surface area (Å²) in [5.41, 5.74) is 1.86. The topological polar surface area (TPSA) is 32.3 Å². The van der Waals surface area contributed by atoms with Crippen LogP contribution in [0.5, 0.6) is 0 Å². The van der Waals surface area contributed by atoms with Gasteiger partial charge in [0.25, 0.3) is 0 Å². The molecule has 1 N–H and O–H groups in total. The first-order chi connectivity index (χ1) is 8.06. The number of rotatable bonds is 5. The van der Waals surface area contributed by atoms with E-state index in [1.165, 1.54) is 0 Å². The molecule has 0 aliphatic carbocycles. The van der Waals surface area contributed by atoms with Crippen LogP contribution in [0, 0.1) is 6.92 Å². The highest BCUT2D eigenvalue weighted by atomic mass is 35.5. The normalized spacial score (nSPS) is 9.78. The van der Waals surface area contributed by atoms with Gasteiger partial charge in [0.1, 0.15) is 0 Å². The van der Waals surface area contributed by atoms with Gasteiger partial charge in [-0.25, -0.2) is 0 Å². The molecule has 0 heterocycles. The molecule has 1 rings (SSSR count). The van der Waals surface area contributed by atoms with Crippen molar-refractivity contribution >= 4 is 35.6 Å². The van der Waals surface area contributed by atoms with Gasteiger partial charge in [-0.3, -0.25) is 4.79 Å². The number of hydrogen-bond donors (Lipinski definition) is 1. The fourth-order valence-electron chi connectivity index (χ4n) is 1.52. The van der Waals surface area contributed by atoms with Gasteiger partial charge in [0.2, 0.25) is 5.91 Å². The first-order valence-electron chi connectivity index (χ1n) is 5.73. The monoisotopic (exact) mass is 290 g/mol. The van der Waals surface area contributed by atoms with Crippen molar-refractivity contribution in [3.8, 4) is 0 Å². The minimum Gasteiger partial charge on any atom is -0.320 e. The predicted octanol–water partition coefficient (Wildman–Crippen LogP) is 3.03. The van der Waals surface area contributed by atoms with Gasteiger partial charge in [-0.1, -0.05) is 17.7 Å². The van der Waals surface area contributed by atoms with Gasteiger partial charge in [-0.05, 0) is 44.6 Å². The number of carbonyl (C=O) groups excluding carboxylic acids is 1. The van der Waals surface area contributed by atoms with Gasteiger partial charge >= 0.3 is 0 Å². The molecule has 0 unspecified atom stereocenters. The molecule has 0 fully saturated rings. The Morgan fingerprint density at radius 2 is 2.11 bits per heavy atom. The van der Waals surface area contributed by atoms with Gasteiger partial charge in [0.15, 0.2) is 0 Å². The van der Waals surface area contributed by atoms with Crippen LogP contribution in [0.2, 0.25) is 5.02 Å². The number of nitrogens with one attached hydrogen (secondary N) is 1. The summed E-state index contributed by atoms with van der Waals surface area (Å²) in [5.74, 6) is 0.111. The smallest absolute Gasteiger partial charge is 0.226 e. The van der Waals surface area contributed by atoms with E-state index in [0.717, 1.165) is 24.2 Å². The number of carbonyl (C=O) groups is 1. The lowest BCUT2D eigenvalue weighted by Gasteiger charge is -2.18. The second-order valence-corrected chi connectivity index (χ2v) is 4.50. The molecule has 0 bridgehead atoms. The number of amides is 1. The molecule has 1 aromatic carbocycles. The number of nitrogens with zero attached hydrogens (tertiary/aromatic N) is 1. The minimum atomic E-state index is 0. The third kappa shape index (κ3) is 4.84. The molecule has 3 nitrogen and oxygen atoms in total. The van der Waals surface area contributed by atoms with E-state index in [4.69, 9.17) is 11.6 Å². The van der Waals surface area contributed by atoms with Gasteiger partial charge in [-0.15, -0.1) is 12.4 Å². The van der Waals surface area contributed by atoms with E-state index < -0.39 is 0 Å². The van der Waals surface area contributed by atoms with E-state index in [1.807, 2.05) is 32.2 Å². The van der Waals surface area contributed by atoms with Crippen LogP contribution < -0.4 is 10.2 Å². The molecule has 0 saturated carbocycles. The van der Waals surface area contributed by atoms with Gasteiger partial charge in [-0.2, -0.15) is 0 Å². The zero-order valence-electron chi connectivity index (χ0n) is 11.0. The van der Waals surface area contributed by atoms with Crippen molar-refractivity contribution in [3.05, 3.63) is 28.8 Å². The van der Waals surface area contributed by atoms with E-state index in [2.05, 4.69) is 5.32 Å². The Balaban J connectivity index is 0.00000289. The van der Waals surface area contributed by atoms with E-state index in [9.17, 15) is 4.79 Å². The van der Waals surface area contributed by atoms with Gasteiger partial charge in [0.05, 0.1) is 0 Å². The molecule has 0 aliphatic rings. The van der Waals surface area contributed by atoms with Crippen LogP contribution in [0.1, 0.15) is 18.4 Å². The summed E-state index contributed by atoms with van der Waals surface area (Å²) in [6.45, 7) is 2.80. The molecule has 1 amide bonds. The SMILES string of the molecule is CNCCCC(=O)N(C)c1ccc(C)c(Cl)c1.Cl. The number of benzene rings is 1. The maximum Gasteiger partial charge on any atom is 0.226 e. The summed E-state index contributed by atoms with van der Waals surface area (Å²) >= 11 is 6.04. The van der Waals surface area contributed by atoms with Crippen LogP contribution in [0.3, 0.4) is 0 Å². The molecule has 5 heteroatoms. The van der Waals surface area contributed by atoms with Crippen molar-refractivity contribution in [2.75, 3.05) is 25.5 Å². The lowest BCUT2D eigenvalue weighted by atomic mass is 10.2. The highest BCUT2D eigenvalue weighted by Crippen LogP contribution is 2.22. The quantitative estimate of drug-likeness (QED) is 0.846. The molecule has 0 spiro atoms. The largest absolute Gasteiger partial charge is 0.320 e. The Kier molecular flexibility index (Phi) is 8.00. The van der Waals surface area contributed by atoms with Crippen molar-refractivity contribution in [3.63, 3.8) is 0 Å². The summed E-state index contributed by atoms with van der Waals surface area (Å²) < 4.78 is 0. The summed E-state index contributed by atoms with van der Waals surface area (Å²) in [6.07, 6.45) is 1.39. The maximum absolute atomic E-state index is 11.9. The maximum atomic E-state index is 11.9. The molecule has 0 atom stereocenters. The van der Waals surface area contributed by atoms with E-state index in [0.29, 0.717) is 11.4 Å². The van der Waals surface area contributed by atoms with Crippen LogP contribution in [-0.4, -0.2) is 26.5 Å². The third-order valence-corrected chi connectivity index (χ3v) is 3.14. The Hall–Kier alpha value is -0.770. The fraction of sp³-hybridized carbons (Fsp3) is 0.462. The highest BCUT2D eigenvalue weighted by Gasteiger charge is 2.11. The second kappa shape index (κ2) is 8.35. The third-order valence-electron chi connectivity index (χ3n) is 2.73. The van der Waals surface area contributed by atoms with Crippen molar-refractivity contribution in [2.24, 2.45) is 0 Å². The van der Waals surface area contributed by atoms with E-state index >= 15 is 0 Å². The van der Waals surface area contributed by atoms with Crippen LogP contribution >= 0.6 is 24.0 Å². The predicted molar refractivity (Wildman–Crippen MR) is 80.0 cm³/mol. The van der Waals surface area contributed by atoms with Gasteiger partial charge in [0, 0.05) is 24.2 Å². The lowest BCUT2D eigenvalue weighted by molar-refractivity contribution is -0.118. The van der Waals surface area contributed by atoms with Crippen LogP contribution in [0.15, 0.2) is 18.2 Å². The van der Waals surface area contributed by atoms with Crippen molar-refractivity contribution in [2.45, 2.75) is 19.8 Å². The number of anilines is 1. The Labute approximate surface area is 120 Å². The molecule has 0 aromatic heterocycles. The minimum absolute atomic E-state index is 0. The summed E-state index contributed by atoms with van der Waals surface area (Å²) in [5, 5.41) is 3.72. The number of halogens is 2. The molecular formula is C13H20Cl2N2O. The van der Waals surface area contributed by atoms with E-state index in [1.54, 1.807) is 11.9 Å². The number of hydrogen-bond acceptors (Lipinski definition) is 2. The lowest BCUT2D eigenvalue weighted by Crippen LogP contribution is -2.26. The van der Waals surface area contributed by atoms with Crippen LogP contribution in [0.25, 0.3) is 0 Å². The first-order valence-corrected chi connectivity index (χ1v) is 6.11. The van der Waals surface area contributed by atoms with Crippen molar-refractivity contribution in [1.82, 2.24) is 5.32 Å². The highest BCUT2D eigenvalue weighted by molar-refractivity contribution is 6.31. The average molecular weight is 291 g/mol. The Morgan fingerprint density at radius 3 is 2.67 bits per heavy atom. The molecular weight excluding hydrogens is 271 g/mol.